The van der Waals surface area contributed by atoms with Crippen LogP contribution in [0.3, 0.4) is 0 Å². The topological polar surface area (TPSA) is 9.23 Å². The first kappa shape index (κ1) is 10.4. The van der Waals surface area contributed by atoms with Gasteiger partial charge >= 0.3 is 0 Å². The molecule has 3 heteroatoms. The van der Waals surface area contributed by atoms with Gasteiger partial charge in [0.05, 0.1) is 5.73 Å². The normalized spacial score (nSPS) is 25.7. The molecule has 1 unspecified atom stereocenters. The average molecular weight is 335 g/mol. The van der Waals surface area contributed by atoms with Crippen molar-refractivity contribution in [2.45, 2.75) is 25.0 Å². The van der Waals surface area contributed by atoms with E-state index in [0.29, 0.717) is 5.73 Å². The summed E-state index contributed by atoms with van der Waals surface area (Å²) in [5.74, 6) is 0. The van der Waals surface area contributed by atoms with E-state index >= 15 is 0 Å². The molecule has 0 N–H and O–H groups in total. The second-order valence-corrected chi connectivity index (χ2v) is 4.12. The summed E-state index contributed by atoms with van der Waals surface area (Å²) in [5, 5.41) is 0. The Morgan fingerprint density at radius 3 is 2.80 bits per heavy atom. The minimum atomic E-state index is -0.319. The minimum Gasteiger partial charge on any atom is -0.381 e. The SMILES string of the molecule is C#C[SiH2]C1CCCCO1.[Pt]. The Morgan fingerprint density at radius 1 is 1.50 bits per heavy atom. The van der Waals surface area contributed by atoms with E-state index in [2.05, 4.69) is 5.54 Å². The van der Waals surface area contributed by atoms with Gasteiger partial charge in [-0.25, -0.2) is 0 Å². The largest absolute Gasteiger partial charge is 0.381 e. The predicted octanol–water partition coefficient (Wildman–Crippen LogP) is 0.270. The molecule has 1 aliphatic heterocycles. The molecule has 0 aromatic heterocycles. The summed E-state index contributed by atoms with van der Waals surface area (Å²) in [6.45, 7) is 0.944. The van der Waals surface area contributed by atoms with Crippen LogP contribution < -0.4 is 0 Å². The molecule has 1 heterocycles. The molecule has 0 aromatic carbocycles. The van der Waals surface area contributed by atoms with Crippen LogP contribution in [0.25, 0.3) is 0 Å². The van der Waals surface area contributed by atoms with Crippen LogP contribution in [0.4, 0.5) is 0 Å². The molecule has 1 saturated heterocycles. The molecule has 0 spiro atoms. The van der Waals surface area contributed by atoms with Crippen molar-refractivity contribution >= 4 is 9.52 Å². The van der Waals surface area contributed by atoms with Gasteiger partial charge in [-0.05, 0) is 19.3 Å². The smallest absolute Gasteiger partial charge is 0.138 e. The number of hydrogen-bond acceptors (Lipinski definition) is 1. The zero-order valence-corrected chi connectivity index (χ0v) is 9.60. The summed E-state index contributed by atoms with van der Waals surface area (Å²) in [7, 11) is -0.319. The Bertz CT molecular complexity index is 115. The van der Waals surface area contributed by atoms with E-state index < -0.39 is 0 Å². The van der Waals surface area contributed by atoms with Gasteiger partial charge in [0, 0.05) is 27.7 Å². The number of ether oxygens (including phenoxy) is 1. The fourth-order valence-electron chi connectivity index (χ4n) is 1.10. The fraction of sp³-hybridized carbons (Fsp3) is 0.714. The van der Waals surface area contributed by atoms with Gasteiger partial charge in [-0.1, -0.05) is 0 Å². The van der Waals surface area contributed by atoms with Gasteiger partial charge < -0.3 is 4.74 Å². The van der Waals surface area contributed by atoms with E-state index in [9.17, 15) is 0 Å². The molecule has 1 fully saturated rings. The van der Waals surface area contributed by atoms with E-state index in [1.807, 2.05) is 0 Å². The van der Waals surface area contributed by atoms with Crippen molar-refractivity contribution in [1.82, 2.24) is 0 Å². The van der Waals surface area contributed by atoms with Gasteiger partial charge in [-0.15, -0.1) is 12.0 Å². The zero-order chi connectivity index (χ0) is 6.53. The van der Waals surface area contributed by atoms with E-state index in [-0.39, 0.29) is 30.6 Å². The number of hydrogen-bond donors (Lipinski definition) is 0. The fourth-order valence-corrected chi connectivity index (χ4v) is 2.14. The molecule has 1 rings (SSSR count). The second kappa shape index (κ2) is 6.16. The standard InChI is InChI=1S/C7H12OSi.Pt/c1-2-9-7-5-3-4-6-8-7;/h1,7H,3-6,9H2;. The molecule has 1 atom stereocenters. The molecule has 1 aliphatic rings. The Hall–Kier alpha value is 0.425. The quantitative estimate of drug-likeness (QED) is 0.494. The first-order chi connectivity index (χ1) is 4.43. The monoisotopic (exact) mass is 335 g/mol. The molecule has 1 nitrogen and oxygen atoms in total. The maximum atomic E-state index is 5.44. The summed E-state index contributed by atoms with van der Waals surface area (Å²) in [6, 6.07) is 0. The van der Waals surface area contributed by atoms with E-state index in [4.69, 9.17) is 11.2 Å². The maximum absolute atomic E-state index is 5.44. The van der Waals surface area contributed by atoms with Crippen LogP contribution in [-0.4, -0.2) is 21.9 Å². The van der Waals surface area contributed by atoms with Crippen LogP contribution in [-0.2, 0) is 25.8 Å². The van der Waals surface area contributed by atoms with E-state index in [1.165, 1.54) is 19.3 Å². The van der Waals surface area contributed by atoms with Crippen molar-refractivity contribution in [1.29, 1.82) is 0 Å². The van der Waals surface area contributed by atoms with Gasteiger partial charge in [-0.3, -0.25) is 0 Å². The summed E-state index contributed by atoms with van der Waals surface area (Å²) in [6.07, 6.45) is 8.96. The molecule has 0 amide bonds. The second-order valence-electron chi connectivity index (χ2n) is 2.40. The van der Waals surface area contributed by atoms with Gasteiger partial charge in [0.2, 0.25) is 0 Å². The van der Waals surface area contributed by atoms with Crippen molar-refractivity contribution in [3.8, 4) is 12.0 Å². The Labute approximate surface area is 79.0 Å². The third kappa shape index (κ3) is 3.56. The van der Waals surface area contributed by atoms with Gasteiger partial charge in [0.25, 0.3) is 0 Å². The van der Waals surface area contributed by atoms with Gasteiger partial charge in [0.15, 0.2) is 0 Å². The van der Waals surface area contributed by atoms with Crippen molar-refractivity contribution in [2.75, 3.05) is 6.61 Å². The number of rotatable bonds is 1. The van der Waals surface area contributed by atoms with Crippen LogP contribution >= 0.6 is 0 Å². The van der Waals surface area contributed by atoms with Crippen LogP contribution in [0.2, 0.25) is 0 Å². The summed E-state index contributed by atoms with van der Waals surface area (Å²) in [5.41, 5.74) is 3.25. The maximum Gasteiger partial charge on any atom is 0.138 e. The Kier molecular flexibility index (Phi) is 6.42. The van der Waals surface area contributed by atoms with Gasteiger partial charge in [0.1, 0.15) is 9.52 Å². The predicted molar refractivity (Wildman–Crippen MR) is 41.0 cm³/mol. The molecule has 0 radical (unpaired) electrons. The molecule has 0 saturated carbocycles. The zero-order valence-electron chi connectivity index (χ0n) is 5.91. The third-order valence-electron chi connectivity index (χ3n) is 1.62. The van der Waals surface area contributed by atoms with Crippen molar-refractivity contribution < 1.29 is 25.8 Å². The summed E-state index contributed by atoms with van der Waals surface area (Å²) in [4.78, 5) is 0. The van der Waals surface area contributed by atoms with Crippen LogP contribution in [0, 0.1) is 12.0 Å². The first-order valence-electron chi connectivity index (χ1n) is 3.48. The Balaban J connectivity index is 0.000000810. The van der Waals surface area contributed by atoms with Crippen molar-refractivity contribution in [3.05, 3.63) is 0 Å². The third-order valence-corrected chi connectivity index (χ3v) is 2.95. The molecular weight excluding hydrogens is 323 g/mol. The summed E-state index contributed by atoms with van der Waals surface area (Å²) < 4.78 is 5.44. The molecule has 60 valence electrons. The van der Waals surface area contributed by atoms with E-state index in [1.54, 1.807) is 0 Å². The van der Waals surface area contributed by atoms with E-state index in [0.717, 1.165) is 6.61 Å². The van der Waals surface area contributed by atoms with Crippen LogP contribution in [0.1, 0.15) is 19.3 Å². The number of terminal acetylenes is 1. The van der Waals surface area contributed by atoms with Gasteiger partial charge in [-0.2, -0.15) is 0 Å². The van der Waals surface area contributed by atoms with Crippen molar-refractivity contribution in [2.24, 2.45) is 0 Å². The minimum absolute atomic E-state index is 0. The average Bonchev–Trinajstić information content (AvgIpc) is 1.91. The Morgan fingerprint density at radius 2 is 2.30 bits per heavy atom. The molecule has 0 aliphatic carbocycles. The van der Waals surface area contributed by atoms with Crippen LogP contribution in [0.5, 0.6) is 0 Å². The molecule has 0 bridgehead atoms. The molecule has 10 heavy (non-hydrogen) atoms. The molecule has 0 aromatic rings. The van der Waals surface area contributed by atoms with Crippen molar-refractivity contribution in [3.63, 3.8) is 0 Å². The first-order valence-corrected chi connectivity index (χ1v) is 5.01. The van der Waals surface area contributed by atoms with Crippen LogP contribution in [0.15, 0.2) is 0 Å². The molecular formula is C7H12OPtSi. The summed E-state index contributed by atoms with van der Waals surface area (Å²) >= 11 is 0.